The highest BCUT2D eigenvalue weighted by Gasteiger charge is 2.31. The number of halogens is 3. The molecule has 0 atom stereocenters. The quantitative estimate of drug-likeness (QED) is 0.622. The maximum atomic E-state index is 12.2. The van der Waals surface area contributed by atoms with Crippen molar-refractivity contribution in [2.45, 2.75) is 17.3 Å². The third-order valence-corrected chi connectivity index (χ3v) is 4.43. The number of hydrogen-bond acceptors (Lipinski definition) is 5. The van der Waals surface area contributed by atoms with Crippen LogP contribution in [0.3, 0.4) is 0 Å². The Kier molecular flexibility index (Phi) is 5.45. The normalized spacial score (nSPS) is 11.4. The lowest BCUT2D eigenvalue weighted by Gasteiger charge is -2.09. The van der Waals surface area contributed by atoms with Crippen molar-refractivity contribution >= 4 is 23.4 Å². The lowest BCUT2D eigenvalue weighted by atomic mass is 10.3. The predicted octanol–water partition coefficient (Wildman–Crippen LogP) is 4.46. The van der Waals surface area contributed by atoms with Gasteiger partial charge in [-0.2, -0.15) is 0 Å². The molecule has 0 fully saturated rings. The Bertz CT molecular complexity index is 919. The van der Waals surface area contributed by atoms with Gasteiger partial charge in [-0.3, -0.25) is 4.79 Å². The molecule has 142 valence electrons. The fourth-order valence-corrected chi connectivity index (χ4v) is 2.96. The van der Waals surface area contributed by atoms with E-state index in [0.717, 1.165) is 17.3 Å². The third-order valence-electron chi connectivity index (χ3n) is 3.35. The zero-order chi connectivity index (χ0) is 19.4. The first-order valence-electron chi connectivity index (χ1n) is 7.66. The molecule has 0 bridgehead atoms. The number of nitrogens with zero attached hydrogens (tertiary/aromatic N) is 2. The smallest absolute Gasteiger partial charge is 0.455 e. The summed E-state index contributed by atoms with van der Waals surface area (Å²) in [4.78, 5) is 16.4. The van der Waals surface area contributed by atoms with E-state index in [2.05, 4.69) is 15.0 Å². The second-order valence-corrected chi connectivity index (χ2v) is 6.34. The van der Waals surface area contributed by atoms with Crippen LogP contribution in [0.5, 0.6) is 5.75 Å². The van der Waals surface area contributed by atoms with Crippen LogP contribution in [0.2, 0.25) is 0 Å². The van der Waals surface area contributed by atoms with E-state index in [1.165, 1.54) is 30.0 Å². The minimum Gasteiger partial charge on any atom is -0.455 e. The van der Waals surface area contributed by atoms with E-state index in [0.29, 0.717) is 17.2 Å². The largest absolute Gasteiger partial charge is 0.573 e. The first-order chi connectivity index (χ1) is 12.8. The number of rotatable bonds is 6. The van der Waals surface area contributed by atoms with Crippen molar-refractivity contribution in [3.05, 3.63) is 60.3 Å². The molecule has 6 nitrogen and oxygen atoms in total. The summed E-state index contributed by atoms with van der Waals surface area (Å²) >= 11 is 1.46. The molecule has 0 aliphatic carbocycles. The first kappa shape index (κ1) is 18.9. The van der Waals surface area contributed by atoms with Crippen LogP contribution in [0.4, 0.5) is 18.9 Å². The minimum atomic E-state index is -4.76. The topological polar surface area (TPSA) is 69.3 Å². The van der Waals surface area contributed by atoms with Crippen molar-refractivity contribution in [2.24, 2.45) is 7.05 Å². The summed E-state index contributed by atoms with van der Waals surface area (Å²) in [7, 11) is 1.88. The fourth-order valence-electron chi connectivity index (χ4n) is 2.14. The molecule has 0 saturated carbocycles. The van der Waals surface area contributed by atoms with Crippen LogP contribution in [0, 0.1) is 0 Å². The number of thioether (sulfide) groups is 1. The highest BCUT2D eigenvalue weighted by Crippen LogP contribution is 2.25. The molecule has 0 radical (unpaired) electrons. The first-order valence-corrected chi connectivity index (χ1v) is 8.65. The Hall–Kier alpha value is -2.88. The van der Waals surface area contributed by atoms with E-state index in [9.17, 15) is 18.0 Å². The molecule has 2 heterocycles. The van der Waals surface area contributed by atoms with Gasteiger partial charge in [0, 0.05) is 25.1 Å². The van der Waals surface area contributed by atoms with Gasteiger partial charge in [-0.05, 0) is 36.4 Å². The number of nitrogens with one attached hydrogen (secondary N) is 1. The number of ether oxygens (including phenoxy) is 1. The summed E-state index contributed by atoms with van der Waals surface area (Å²) in [6.45, 7) is 0. The van der Waals surface area contributed by atoms with Crippen molar-refractivity contribution in [1.82, 2.24) is 9.55 Å². The van der Waals surface area contributed by atoms with Gasteiger partial charge in [-0.15, -0.1) is 13.2 Å². The van der Waals surface area contributed by atoms with Crippen LogP contribution in [0.15, 0.2) is 58.4 Å². The molecule has 3 rings (SSSR count). The molecule has 0 saturated heterocycles. The van der Waals surface area contributed by atoms with Crippen molar-refractivity contribution < 1.29 is 27.1 Å². The number of hydrogen-bond donors (Lipinski definition) is 1. The van der Waals surface area contributed by atoms with E-state index in [4.69, 9.17) is 4.42 Å². The van der Waals surface area contributed by atoms with Crippen LogP contribution >= 0.6 is 11.8 Å². The summed E-state index contributed by atoms with van der Waals surface area (Å²) < 4.78 is 47.6. The van der Waals surface area contributed by atoms with Gasteiger partial charge in [0.2, 0.25) is 0 Å². The Morgan fingerprint density at radius 3 is 2.63 bits per heavy atom. The highest BCUT2D eigenvalue weighted by atomic mass is 32.2. The van der Waals surface area contributed by atoms with Crippen molar-refractivity contribution in [1.29, 1.82) is 0 Å². The van der Waals surface area contributed by atoms with E-state index in [1.54, 1.807) is 12.3 Å². The number of alkyl halides is 3. The van der Waals surface area contributed by atoms with Gasteiger partial charge < -0.3 is 19.0 Å². The average Bonchev–Trinajstić information content (AvgIpc) is 3.22. The maximum absolute atomic E-state index is 12.2. The zero-order valence-corrected chi connectivity index (χ0v) is 14.8. The van der Waals surface area contributed by atoms with Gasteiger partial charge in [0.1, 0.15) is 11.5 Å². The maximum Gasteiger partial charge on any atom is 0.573 e. The molecule has 2 aromatic heterocycles. The number of aryl methyl sites for hydroxylation is 1. The second-order valence-electron chi connectivity index (χ2n) is 5.40. The number of benzene rings is 1. The van der Waals surface area contributed by atoms with Crippen LogP contribution in [-0.2, 0) is 12.8 Å². The van der Waals surface area contributed by atoms with E-state index in [1.807, 2.05) is 17.8 Å². The Balaban J connectivity index is 1.57. The van der Waals surface area contributed by atoms with Gasteiger partial charge in [0.15, 0.2) is 10.9 Å². The van der Waals surface area contributed by atoms with Gasteiger partial charge >= 0.3 is 6.36 Å². The molecule has 27 heavy (non-hydrogen) atoms. The van der Waals surface area contributed by atoms with E-state index < -0.39 is 12.3 Å². The lowest BCUT2D eigenvalue weighted by molar-refractivity contribution is -0.274. The molecule has 10 heteroatoms. The zero-order valence-electron chi connectivity index (χ0n) is 14.0. The molecule has 0 aliphatic rings. The van der Waals surface area contributed by atoms with Crippen molar-refractivity contribution in [3.8, 4) is 5.75 Å². The SMILES string of the molecule is Cn1ccnc1SCc1ccc(C(=O)Nc2ccc(OC(F)(F)F)cc2)o1. The second kappa shape index (κ2) is 7.78. The molecular formula is C17H14F3N3O3S. The number of aromatic nitrogens is 2. The average molecular weight is 397 g/mol. The molecule has 1 N–H and O–H groups in total. The van der Waals surface area contributed by atoms with Crippen LogP contribution in [0.25, 0.3) is 0 Å². The van der Waals surface area contributed by atoms with E-state index >= 15 is 0 Å². The lowest BCUT2D eigenvalue weighted by Crippen LogP contribution is -2.17. The monoisotopic (exact) mass is 397 g/mol. The minimum absolute atomic E-state index is 0.0982. The number of carbonyl (C=O) groups is 1. The van der Waals surface area contributed by atoms with Gasteiger partial charge in [0.05, 0.1) is 5.75 Å². The number of imidazole rings is 1. The molecule has 3 aromatic rings. The predicted molar refractivity (Wildman–Crippen MR) is 92.6 cm³/mol. The van der Waals surface area contributed by atoms with Crippen LogP contribution in [-0.4, -0.2) is 21.8 Å². The summed E-state index contributed by atoms with van der Waals surface area (Å²) in [5.74, 6) is 0.324. The van der Waals surface area contributed by atoms with E-state index in [-0.39, 0.29) is 11.5 Å². The van der Waals surface area contributed by atoms with Gasteiger partial charge in [-0.25, -0.2) is 4.98 Å². The summed E-state index contributed by atoms with van der Waals surface area (Å²) in [6, 6.07) is 8.05. The highest BCUT2D eigenvalue weighted by molar-refractivity contribution is 7.98. The summed E-state index contributed by atoms with van der Waals surface area (Å²) in [5.41, 5.74) is 0.315. The number of carbonyl (C=O) groups excluding carboxylic acids is 1. The summed E-state index contributed by atoms with van der Waals surface area (Å²) in [5, 5.41) is 3.37. The molecular weight excluding hydrogens is 383 g/mol. The summed E-state index contributed by atoms with van der Waals surface area (Å²) in [6.07, 6.45) is -1.25. The van der Waals surface area contributed by atoms with Gasteiger partial charge in [0.25, 0.3) is 5.91 Å². The number of anilines is 1. The standard InChI is InChI=1S/C17H14F3N3O3S/c1-23-9-8-21-16(23)27-10-13-6-7-14(25-13)15(24)22-11-2-4-12(5-3-11)26-17(18,19)20/h2-9H,10H2,1H3,(H,22,24). The molecule has 1 aromatic carbocycles. The van der Waals surface area contributed by atoms with Crippen LogP contribution in [0.1, 0.15) is 16.3 Å². The number of furan rings is 1. The Morgan fingerprint density at radius 2 is 2.00 bits per heavy atom. The van der Waals surface area contributed by atoms with Gasteiger partial charge in [-0.1, -0.05) is 11.8 Å². The third kappa shape index (κ3) is 5.30. The Labute approximate surface area is 156 Å². The fraction of sp³-hybridized carbons (Fsp3) is 0.176. The van der Waals surface area contributed by atoms with Crippen molar-refractivity contribution in [3.63, 3.8) is 0 Å². The Morgan fingerprint density at radius 1 is 1.26 bits per heavy atom. The molecule has 0 spiro atoms. The van der Waals surface area contributed by atoms with Crippen molar-refractivity contribution in [2.75, 3.05) is 5.32 Å². The van der Waals surface area contributed by atoms with Crippen LogP contribution < -0.4 is 10.1 Å². The molecule has 0 aliphatic heterocycles. The molecule has 1 amide bonds. The number of amides is 1. The molecule has 0 unspecified atom stereocenters.